The highest BCUT2D eigenvalue weighted by Gasteiger charge is 2.69. The van der Waals surface area contributed by atoms with Crippen LogP contribution in [-0.4, -0.2) is 16.9 Å². The molecule has 0 amide bonds. The van der Waals surface area contributed by atoms with Crippen molar-refractivity contribution in [3.8, 4) is 0 Å². The Morgan fingerprint density at radius 3 is 2.25 bits per heavy atom. The summed E-state index contributed by atoms with van der Waals surface area (Å²) in [5, 5.41) is 9.00. The second-order valence-electron chi connectivity index (χ2n) is 4.48. The number of rotatable bonds is 1. The van der Waals surface area contributed by atoms with Crippen molar-refractivity contribution < 1.29 is 14.7 Å². The first kappa shape index (κ1) is 6.63. The third-order valence-corrected chi connectivity index (χ3v) is 4.07. The van der Waals surface area contributed by atoms with E-state index < -0.39 is 11.4 Å². The van der Waals surface area contributed by atoms with Crippen molar-refractivity contribution in [1.82, 2.24) is 0 Å². The van der Waals surface area contributed by atoms with Crippen LogP contribution < -0.4 is 0 Å². The lowest BCUT2D eigenvalue weighted by Crippen LogP contribution is -2.47. The lowest BCUT2D eigenvalue weighted by Gasteiger charge is -2.41. The Morgan fingerprint density at radius 2 is 1.92 bits per heavy atom. The molecule has 0 radical (unpaired) electrons. The topological polar surface area (TPSA) is 54.4 Å². The third kappa shape index (κ3) is 0.464. The smallest absolute Gasteiger partial charge is 0.309 e. The predicted octanol–water partition coefficient (Wildman–Crippen LogP) is 0.686. The zero-order valence-electron chi connectivity index (χ0n) is 6.62. The third-order valence-electron chi connectivity index (χ3n) is 4.07. The molecule has 3 aliphatic rings. The average Bonchev–Trinajstić information content (AvgIpc) is 2.55. The lowest BCUT2D eigenvalue weighted by atomic mass is 9.60. The molecular weight excluding hydrogens is 156 g/mol. The van der Waals surface area contributed by atoms with Gasteiger partial charge in [0, 0.05) is 11.8 Å². The molecule has 0 aromatic heterocycles. The van der Waals surface area contributed by atoms with Gasteiger partial charge in [0.1, 0.15) is 5.78 Å². The molecule has 1 N–H and O–H groups in total. The number of carboxylic acid groups (broad SMARTS) is 1. The van der Waals surface area contributed by atoms with E-state index in [0.29, 0.717) is 24.5 Å². The Kier molecular flexibility index (Phi) is 0.875. The number of hydrogen-bond acceptors (Lipinski definition) is 2. The normalized spacial score (nSPS) is 54.0. The molecule has 3 saturated carbocycles. The van der Waals surface area contributed by atoms with Crippen molar-refractivity contribution in [3.63, 3.8) is 0 Å². The maximum Gasteiger partial charge on any atom is 0.309 e. The molecule has 12 heavy (non-hydrogen) atoms. The maximum atomic E-state index is 11.3. The Labute approximate surface area is 69.8 Å². The number of Topliss-reactive ketones (excluding diaryl/α,β-unsaturated/α-hetero) is 1. The van der Waals surface area contributed by atoms with Crippen LogP contribution in [0.2, 0.25) is 0 Å². The van der Waals surface area contributed by atoms with Crippen LogP contribution in [0.3, 0.4) is 0 Å². The molecule has 2 atom stereocenters. The van der Waals surface area contributed by atoms with E-state index in [4.69, 9.17) is 5.11 Å². The van der Waals surface area contributed by atoms with E-state index in [1.54, 1.807) is 0 Å². The maximum absolute atomic E-state index is 11.3. The fourth-order valence-corrected chi connectivity index (χ4v) is 3.45. The summed E-state index contributed by atoms with van der Waals surface area (Å²) in [5.74, 6) is 0.354. The Balaban J connectivity index is 2.00. The Bertz CT molecular complexity index is 278. The van der Waals surface area contributed by atoms with Gasteiger partial charge in [0.25, 0.3) is 0 Å². The van der Waals surface area contributed by atoms with Gasteiger partial charge in [-0.1, -0.05) is 0 Å². The quantitative estimate of drug-likeness (QED) is 0.623. The van der Waals surface area contributed by atoms with Crippen LogP contribution in [0.4, 0.5) is 0 Å². The molecular formula is C9H10O3. The highest BCUT2D eigenvalue weighted by Crippen LogP contribution is 2.67. The van der Waals surface area contributed by atoms with Crippen LogP contribution in [0.15, 0.2) is 0 Å². The standard InChI is InChI=1S/C9H10O3/c10-7-5-2-9(8(11)12)1-4(5)6(7)3-9/h4-6H,1-3H2,(H,11,12). The van der Waals surface area contributed by atoms with E-state index in [-0.39, 0.29) is 11.8 Å². The van der Waals surface area contributed by atoms with E-state index in [1.807, 2.05) is 0 Å². The van der Waals surface area contributed by atoms with Crippen LogP contribution >= 0.6 is 0 Å². The molecule has 3 rings (SSSR count). The number of ketones is 1. The van der Waals surface area contributed by atoms with Gasteiger partial charge >= 0.3 is 5.97 Å². The summed E-state index contributed by atoms with van der Waals surface area (Å²) in [7, 11) is 0. The molecule has 2 unspecified atom stereocenters. The first-order valence-corrected chi connectivity index (χ1v) is 4.41. The molecule has 0 aromatic rings. The molecule has 3 heteroatoms. The molecule has 3 fully saturated rings. The fourth-order valence-electron chi connectivity index (χ4n) is 3.45. The van der Waals surface area contributed by atoms with Gasteiger partial charge in [-0.3, -0.25) is 9.59 Å². The minimum atomic E-state index is -0.676. The average molecular weight is 166 g/mol. The summed E-state index contributed by atoms with van der Waals surface area (Å²) in [5.41, 5.74) is -0.492. The number of aliphatic carboxylic acids is 1. The van der Waals surface area contributed by atoms with Crippen LogP contribution in [0.5, 0.6) is 0 Å². The summed E-state index contributed by atoms with van der Waals surface area (Å²) in [6.45, 7) is 0. The van der Waals surface area contributed by atoms with E-state index in [0.717, 1.165) is 6.42 Å². The minimum absolute atomic E-state index is 0.125. The summed E-state index contributed by atoms with van der Waals surface area (Å²) in [4.78, 5) is 22.2. The highest BCUT2D eigenvalue weighted by molar-refractivity contribution is 5.95. The predicted molar refractivity (Wildman–Crippen MR) is 39.4 cm³/mol. The molecule has 0 heterocycles. The Hall–Kier alpha value is -0.860. The number of carbonyl (C=O) groups is 2. The summed E-state index contributed by atoms with van der Waals surface area (Å²) < 4.78 is 0. The van der Waals surface area contributed by atoms with Crippen molar-refractivity contribution >= 4 is 11.8 Å². The van der Waals surface area contributed by atoms with Gasteiger partial charge in [-0.05, 0) is 25.2 Å². The van der Waals surface area contributed by atoms with E-state index in [1.165, 1.54) is 0 Å². The number of fused-ring (bicyclic) bond motifs is 1. The lowest BCUT2D eigenvalue weighted by molar-refractivity contribution is -0.154. The fraction of sp³-hybridized carbons (Fsp3) is 0.778. The van der Waals surface area contributed by atoms with Crippen LogP contribution in [0.25, 0.3) is 0 Å². The van der Waals surface area contributed by atoms with Crippen molar-refractivity contribution in [3.05, 3.63) is 0 Å². The molecule has 64 valence electrons. The van der Waals surface area contributed by atoms with Gasteiger partial charge in [0.15, 0.2) is 0 Å². The van der Waals surface area contributed by atoms with Crippen molar-refractivity contribution in [1.29, 1.82) is 0 Å². The van der Waals surface area contributed by atoms with E-state index in [2.05, 4.69) is 0 Å². The zero-order valence-corrected chi connectivity index (χ0v) is 6.62. The van der Waals surface area contributed by atoms with Gasteiger partial charge in [-0.15, -0.1) is 0 Å². The van der Waals surface area contributed by atoms with Gasteiger partial charge in [0.2, 0.25) is 0 Å². The largest absolute Gasteiger partial charge is 0.481 e. The number of carboxylic acids is 1. The van der Waals surface area contributed by atoms with Crippen molar-refractivity contribution in [2.75, 3.05) is 0 Å². The number of carbonyl (C=O) groups excluding carboxylic acids is 1. The summed E-state index contributed by atoms with van der Waals surface area (Å²) in [6.07, 6.45) is 2.02. The Morgan fingerprint density at radius 1 is 1.33 bits per heavy atom. The minimum Gasteiger partial charge on any atom is -0.481 e. The molecule has 0 saturated heterocycles. The van der Waals surface area contributed by atoms with Gasteiger partial charge in [0.05, 0.1) is 5.41 Å². The summed E-state index contributed by atoms with van der Waals surface area (Å²) >= 11 is 0. The molecule has 0 spiro atoms. The monoisotopic (exact) mass is 166 g/mol. The van der Waals surface area contributed by atoms with Crippen LogP contribution in [0.1, 0.15) is 19.3 Å². The van der Waals surface area contributed by atoms with Gasteiger partial charge in [-0.25, -0.2) is 0 Å². The van der Waals surface area contributed by atoms with Crippen LogP contribution in [-0.2, 0) is 9.59 Å². The first-order valence-electron chi connectivity index (χ1n) is 4.41. The van der Waals surface area contributed by atoms with Crippen LogP contribution in [0, 0.1) is 23.2 Å². The molecule has 2 bridgehead atoms. The molecule has 3 aliphatic carbocycles. The molecule has 0 aromatic carbocycles. The SMILES string of the molecule is O=C1C2CC3(C(=O)O)CC1C2C3. The van der Waals surface area contributed by atoms with Gasteiger partial charge in [-0.2, -0.15) is 0 Å². The van der Waals surface area contributed by atoms with E-state index in [9.17, 15) is 9.59 Å². The number of hydrogen-bond donors (Lipinski definition) is 1. The highest BCUT2D eigenvalue weighted by atomic mass is 16.4. The molecule has 0 aliphatic heterocycles. The summed E-state index contributed by atoms with van der Waals surface area (Å²) in [6, 6.07) is 0. The van der Waals surface area contributed by atoms with Gasteiger partial charge < -0.3 is 5.11 Å². The molecule has 3 nitrogen and oxygen atoms in total. The second kappa shape index (κ2) is 1.58. The second-order valence-corrected chi connectivity index (χ2v) is 4.48. The van der Waals surface area contributed by atoms with Crippen molar-refractivity contribution in [2.45, 2.75) is 19.3 Å². The van der Waals surface area contributed by atoms with Crippen molar-refractivity contribution in [2.24, 2.45) is 23.2 Å². The first-order chi connectivity index (χ1) is 5.64. The zero-order chi connectivity index (χ0) is 8.51. The van der Waals surface area contributed by atoms with E-state index >= 15 is 0 Å².